The second-order valence-electron chi connectivity index (χ2n) is 4.81. The molecule has 0 aliphatic rings. The number of thioether (sulfide) groups is 1. The summed E-state index contributed by atoms with van der Waals surface area (Å²) in [6, 6.07) is 15.5. The molecule has 8 heteroatoms. The molecule has 5 nitrogen and oxygen atoms in total. The molecule has 0 spiro atoms. The van der Waals surface area contributed by atoms with Gasteiger partial charge in [0.25, 0.3) is 0 Å². The van der Waals surface area contributed by atoms with Gasteiger partial charge in [0, 0.05) is 5.75 Å². The minimum atomic E-state index is -0.331. The van der Waals surface area contributed by atoms with Gasteiger partial charge in [0.2, 0.25) is 5.13 Å². The van der Waals surface area contributed by atoms with E-state index in [0.717, 1.165) is 10.1 Å². The number of para-hydroxylation sites is 1. The van der Waals surface area contributed by atoms with Crippen LogP contribution in [0.25, 0.3) is 0 Å². The first-order valence-electron chi connectivity index (χ1n) is 7.35. The van der Waals surface area contributed by atoms with Crippen LogP contribution in [0.2, 0.25) is 0 Å². The Bertz CT molecular complexity index is 877. The number of ether oxygens (including phenoxy) is 1. The second-order valence-corrected chi connectivity index (χ2v) is 7.13. The lowest BCUT2D eigenvalue weighted by Crippen LogP contribution is -1.99. The van der Waals surface area contributed by atoms with E-state index in [-0.39, 0.29) is 5.82 Å². The van der Waals surface area contributed by atoms with Gasteiger partial charge in [-0.05, 0) is 36.4 Å². The van der Waals surface area contributed by atoms with Crippen molar-refractivity contribution in [2.24, 2.45) is 0 Å². The first-order chi connectivity index (χ1) is 12.2. The molecule has 0 bridgehead atoms. The predicted molar refractivity (Wildman–Crippen MR) is 97.0 cm³/mol. The molecule has 126 valence electrons. The lowest BCUT2D eigenvalue weighted by molar-refractivity contribution is 0.344. The zero-order chi connectivity index (χ0) is 17.5. The van der Waals surface area contributed by atoms with Gasteiger partial charge < -0.3 is 10.1 Å². The molecule has 0 radical (unpaired) electrons. The average molecular weight is 372 g/mol. The second kappa shape index (κ2) is 8.46. The Morgan fingerprint density at radius 2 is 1.96 bits per heavy atom. The van der Waals surface area contributed by atoms with Gasteiger partial charge in [-0.15, -0.1) is 10.2 Å². The Morgan fingerprint density at radius 3 is 2.72 bits per heavy atom. The first kappa shape index (κ1) is 17.2. The molecular formula is C17H13FN4OS2. The van der Waals surface area contributed by atoms with E-state index in [9.17, 15) is 4.39 Å². The zero-order valence-corrected chi connectivity index (χ0v) is 14.6. The summed E-state index contributed by atoms with van der Waals surface area (Å²) >= 11 is 2.88. The summed E-state index contributed by atoms with van der Waals surface area (Å²) in [6.45, 7) is 0.506. The van der Waals surface area contributed by atoms with E-state index in [1.165, 1.54) is 29.2 Å². The summed E-state index contributed by atoms with van der Waals surface area (Å²) in [7, 11) is 0. The number of nitriles is 1. The summed E-state index contributed by atoms with van der Waals surface area (Å²) in [5, 5.41) is 20.3. The topological polar surface area (TPSA) is 70.8 Å². The van der Waals surface area contributed by atoms with Crippen LogP contribution in [-0.2, 0) is 0 Å². The third kappa shape index (κ3) is 4.92. The molecule has 0 aliphatic heterocycles. The fourth-order valence-corrected chi connectivity index (χ4v) is 3.56. The maximum Gasteiger partial charge on any atom is 0.210 e. The van der Waals surface area contributed by atoms with E-state index in [0.29, 0.717) is 28.7 Å². The van der Waals surface area contributed by atoms with Crippen molar-refractivity contribution in [3.05, 3.63) is 59.9 Å². The van der Waals surface area contributed by atoms with Crippen LogP contribution in [0, 0.1) is 17.1 Å². The van der Waals surface area contributed by atoms with Gasteiger partial charge in [-0.1, -0.05) is 35.2 Å². The average Bonchev–Trinajstić information content (AvgIpc) is 3.09. The molecule has 2 aromatic carbocycles. The predicted octanol–water partition coefficient (Wildman–Crippen LogP) is 4.46. The van der Waals surface area contributed by atoms with Crippen LogP contribution in [0.4, 0.5) is 15.2 Å². The van der Waals surface area contributed by atoms with Gasteiger partial charge in [-0.2, -0.15) is 5.26 Å². The van der Waals surface area contributed by atoms with Gasteiger partial charge >= 0.3 is 0 Å². The number of hydrogen-bond donors (Lipinski definition) is 1. The Morgan fingerprint density at radius 1 is 1.16 bits per heavy atom. The molecule has 25 heavy (non-hydrogen) atoms. The van der Waals surface area contributed by atoms with Crippen molar-refractivity contribution >= 4 is 33.9 Å². The molecule has 0 atom stereocenters. The molecule has 1 N–H and O–H groups in total. The molecule has 3 aromatic rings. The van der Waals surface area contributed by atoms with Crippen LogP contribution in [0.5, 0.6) is 5.75 Å². The van der Waals surface area contributed by atoms with Gasteiger partial charge in [0.05, 0.1) is 23.9 Å². The van der Waals surface area contributed by atoms with Crippen molar-refractivity contribution in [3.8, 4) is 11.8 Å². The Kier molecular flexibility index (Phi) is 5.82. The Balaban J connectivity index is 1.45. The van der Waals surface area contributed by atoms with Crippen LogP contribution >= 0.6 is 23.1 Å². The molecule has 0 aliphatic carbocycles. The standard InChI is InChI=1S/C17H13FN4OS2/c18-14-3-1-2-4-15(14)20-16-21-22-17(25-16)24-10-9-23-13-7-5-12(11-19)6-8-13/h1-8H,9-10H2,(H,20,21). The number of rotatable bonds is 7. The van der Waals surface area contributed by atoms with Crippen LogP contribution in [-0.4, -0.2) is 22.6 Å². The fraction of sp³-hybridized carbons (Fsp3) is 0.118. The quantitative estimate of drug-likeness (QED) is 0.488. The number of nitrogens with zero attached hydrogens (tertiary/aromatic N) is 3. The van der Waals surface area contributed by atoms with Crippen LogP contribution in [0.3, 0.4) is 0 Å². The minimum absolute atomic E-state index is 0.331. The molecular weight excluding hydrogens is 359 g/mol. The summed E-state index contributed by atoms with van der Waals surface area (Å²) in [6.07, 6.45) is 0. The molecule has 0 amide bonds. The van der Waals surface area contributed by atoms with E-state index >= 15 is 0 Å². The summed E-state index contributed by atoms with van der Waals surface area (Å²) in [5.74, 6) is 1.09. The fourth-order valence-electron chi connectivity index (χ4n) is 1.91. The van der Waals surface area contributed by atoms with Gasteiger partial charge in [0.15, 0.2) is 4.34 Å². The zero-order valence-electron chi connectivity index (χ0n) is 13.0. The third-order valence-corrected chi connectivity index (χ3v) is 5.02. The van der Waals surface area contributed by atoms with E-state index in [2.05, 4.69) is 21.6 Å². The lowest BCUT2D eigenvalue weighted by atomic mass is 10.2. The van der Waals surface area contributed by atoms with E-state index in [1.807, 2.05) is 0 Å². The first-order valence-corrected chi connectivity index (χ1v) is 9.15. The molecule has 1 aromatic heterocycles. The van der Waals surface area contributed by atoms with E-state index < -0.39 is 0 Å². The van der Waals surface area contributed by atoms with Crippen molar-refractivity contribution < 1.29 is 9.13 Å². The molecule has 1 heterocycles. The lowest BCUT2D eigenvalue weighted by Gasteiger charge is -2.04. The SMILES string of the molecule is N#Cc1ccc(OCCSc2nnc(Nc3ccccc3F)s2)cc1. The maximum atomic E-state index is 13.6. The number of halogens is 1. The third-order valence-electron chi connectivity index (χ3n) is 3.08. The summed E-state index contributed by atoms with van der Waals surface area (Å²) in [4.78, 5) is 0. The number of aromatic nitrogens is 2. The normalized spacial score (nSPS) is 10.2. The highest BCUT2D eigenvalue weighted by Gasteiger charge is 2.07. The van der Waals surface area contributed by atoms with Crippen molar-refractivity contribution in [2.45, 2.75) is 4.34 Å². The number of anilines is 2. The molecule has 0 saturated carbocycles. The van der Waals surface area contributed by atoms with Crippen molar-refractivity contribution in [2.75, 3.05) is 17.7 Å². The van der Waals surface area contributed by atoms with Gasteiger partial charge in [0.1, 0.15) is 11.6 Å². The largest absolute Gasteiger partial charge is 0.493 e. The Hall–Kier alpha value is -2.63. The highest BCUT2D eigenvalue weighted by Crippen LogP contribution is 2.28. The van der Waals surface area contributed by atoms with Crippen molar-refractivity contribution in [1.82, 2.24) is 10.2 Å². The highest BCUT2D eigenvalue weighted by molar-refractivity contribution is 8.01. The molecule has 3 rings (SSSR count). The molecule has 0 fully saturated rings. The monoisotopic (exact) mass is 372 g/mol. The summed E-state index contributed by atoms with van der Waals surface area (Å²) < 4.78 is 20.0. The van der Waals surface area contributed by atoms with Crippen LogP contribution < -0.4 is 10.1 Å². The highest BCUT2D eigenvalue weighted by atomic mass is 32.2. The molecule has 0 saturated heterocycles. The van der Waals surface area contributed by atoms with Crippen molar-refractivity contribution in [3.63, 3.8) is 0 Å². The van der Waals surface area contributed by atoms with E-state index in [1.54, 1.807) is 42.5 Å². The Labute approximate surface area is 152 Å². The van der Waals surface area contributed by atoms with Crippen molar-refractivity contribution in [1.29, 1.82) is 5.26 Å². The van der Waals surface area contributed by atoms with Crippen LogP contribution in [0.15, 0.2) is 52.9 Å². The smallest absolute Gasteiger partial charge is 0.210 e. The van der Waals surface area contributed by atoms with Gasteiger partial charge in [-0.3, -0.25) is 0 Å². The minimum Gasteiger partial charge on any atom is -0.493 e. The van der Waals surface area contributed by atoms with Gasteiger partial charge in [-0.25, -0.2) is 4.39 Å². The van der Waals surface area contributed by atoms with E-state index in [4.69, 9.17) is 10.00 Å². The van der Waals surface area contributed by atoms with Crippen LogP contribution in [0.1, 0.15) is 5.56 Å². The molecule has 0 unspecified atom stereocenters. The number of hydrogen-bond acceptors (Lipinski definition) is 7. The summed E-state index contributed by atoms with van der Waals surface area (Å²) in [5.41, 5.74) is 0.977. The number of benzene rings is 2. The number of nitrogens with one attached hydrogen (secondary N) is 1. The maximum absolute atomic E-state index is 13.6.